The molecule has 1 unspecified atom stereocenters. The van der Waals surface area contributed by atoms with E-state index in [1.54, 1.807) is 21.7 Å². The maximum atomic E-state index is 12.6. The number of benzene rings is 1. The van der Waals surface area contributed by atoms with E-state index in [0.29, 0.717) is 52.0 Å². The van der Waals surface area contributed by atoms with Crippen LogP contribution in [0.1, 0.15) is 24.8 Å². The fraction of sp³-hybridized carbons (Fsp3) is 0.550. The van der Waals surface area contributed by atoms with Gasteiger partial charge in [-0.25, -0.2) is 4.79 Å². The molecule has 2 fully saturated rings. The van der Waals surface area contributed by atoms with Crippen LogP contribution in [-0.4, -0.2) is 70.9 Å². The van der Waals surface area contributed by atoms with Crippen molar-refractivity contribution in [3.8, 4) is 0 Å². The fourth-order valence-electron chi connectivity index (χ4n) is 3.90. The van der Waals surface area contributed by atoms with Gasteiger partial charge in [-0.05, 0) is 24.8 Å². The van der Waals surface area contributed by atoms with Crippen molar-refractivity contribution in [2.24, 2.45) is 11.8 Å². The zero-order valence-electron chi connectivity index (χ0n) is 15.7. The van der Waals surface area contributed by atoms with E-state index < -0.39 is 11.9 Å². The maximum absolute atomic E-state index is 12.6. The third-order valence-corrected chi connectivity index (χ3v) is 5.55. The van der Waals surface area contributed by atoms with Crippen LogP contribution in [-0.2, 0) is 16.1 Å². The lowest BCUT2D eigenvalue weighted by Gasteiger charge is -2.35. The molecular formula is C20H27N3O4. The lowest BCUT2D eigenvalue weighted by atomic mass is 9.95. The molecule has 7 heteroatoms. The van der Waals surface area contributed by atoms with Crippen LogP contribution in [0.5, 0.6) is 0 Å². The van der Waals surface area contributed by atoms with Crippen molar-refractivity contribution < 1.29 is 19.5 Å². The highest BCUT2D eigenvalue weighted by Crippen LogP contribution is 2.25. The van der Waals surface area contributed by atoms with Crippen molar-refractivity contribution in [1.82, 2.24) is 14.7 Å². The van der Waals surface area contributed by atoms with Gasteiger partial charge in [-0.1, -0.05) is 30.3 Å². The first kappa shape index (κ1) is 19.2. The Bertz CT molecular complexity index is 686. The molecule has 3 amide bonds. The van der Waals surface area contributed by atoms with E-state index in [4.69, 9.17) is 5.11 Å². The predicted octanol–water partition coefficient (Wildman–Crippen LogP) is 1.88. The summed E-state index contributed by atoms with van der Waals surface area (Å²) in [6.07, 6.45) is 1.80. The number of nitrogens with zero attached hydrogens (tertiary/aromatic N) is 3. The standard InChI is InChI=1S/C20H27N3O4/c1-21(13-15-5-3-2-4-6-15)20(27)22-10-7-16(8-11-22)18(24)23-12-9-17(14-23)19(25)26/h2-6,16-17H,7-14H2,1H3,(H,25,26). The number of carbonyl (C=O) groups is 3. The third kappa shape index (κ3) is 4.59. The molecular weight excluding hydrogens is 346 g/mol. The average molecular weight is 373 g/mol. The molecule has 1 N–H and O–H groups in total. The number of carboxylic acid groups (broad SMARTS) is 1. The molecule has 1 atom stereocenters. The molecule has 2 heterocycles. The smallest absolute Gasteiger partial charge is 0.320 e. The van der Waals surface area contributed by atoms with Crippen LogP contribution in [0.4, 0.5) is 4.79 Å². The highest BCUT2D eigenvalue weighted by Gasteiger charge is 2.36. The van der Waals surface area contributed by atoms with Gasteiger partial charge in [0.25, 0.3) is 0 Å². The molecule has 0 bridgehead atoms. The van der Waals surface area contributed by atoms with Gasteiger partial charge in [0, 0.05) is 45.7 Å². The van der Waals surface area contributed by atoms with Crippen LogP contribution >= 0.6 is 0 Å². The topological polar surface area (TPSA) is 81.2 Å². The summed E-state index contributed by atoms with van der Waals surface area (Å²) < 4.78 is 0. The largest absolute Gasteiger partial charge is 0.481 e. The van der Waals surface area contributed by atoms with E-state index >= 15 is 0 Å². The minimum Gasteiger partial charge on any atom is -0.481 e. The number of piperidine rings is 1. The summed E-state index contributed by atoms with van der Waals surface area (Å²) >= 11 is 0. The molecule has 146 valence electrons. The van der Waals surface area contributed by atoms with Crippen molar-refractivity contribution in [3.05, 3.63) is 35.9 Å². The van der Waals surface area contributed by atoms with Gasteiger partial charge in [-0.2, -0.15) is 0 Å². The van der Waals surface area contributed by atoms with E-state index in [1.807, 2.05) is 30.3 Å². The van der Waals surface area contributed by atoms with Crippen LogP contribution in [0.2, 0.25) is 0 Å². The lowest BCUT2D eigenvalue weighted by Crippen LogP contribution is -2.47. The van der Waals surface area contributed by atoms with E-state index in [1.165, 1.54) is 0 Å². The van der Waals surface area contributed by atoms with E-state index in [0.717, 1.165) is 5.56 Å². The van der Waals surface area contributed by atoms with Gasteiger partial charge in [0.05, 0.1) is 5.92 Å². The summed E-state index contributed by atoms with van der Waals surface area (Å²) in [7, 11) is 1.79. The number of amides is 3. The molecule has 0 aromatic heterocycles. The lowest BCUT2D eigenvalue weighted by molar-refractivity contribution is -0.141. The zero-order chi connectivity index (χ0) is 19.4. The maximum Gasteiger partial charge on any atom is 0.320 e. The quantitative estimate of drug-likeness (QED) is 0.874. The minimum absolute atomic E-state index is 0.0168. The molecule has 2 saturated heterocycles. The second-order valence-electron chi connectivity index (χ2n) is 7.49. The van der Waals surface area contributed by atoms with Gasteiger partial charge in [-0.3, -0.25) is 9.59 Å². The van der Waals surface area contributed by atoms with E-state index in [2.05, 4.69) is 0 Å². The van der Waals surface area contributed by atoms with Gasteiger partial charge in [-0.15, -0.1) is 0 Å². The number of hydrogen-bond acceptors (Lipinski definition) is 3. The first-order valence-corrected chi connectivity index (χ1v) is 9.51. The molecule has 0 aliphatic carbocycles. The van der Waals surface area contributed by atoms with Crippen LogP contribution in [0.3, 0.4) is 0 Å². The Kier molecular flexibility index (Phi) is 5.98. The first-order valence-electron chi connectivity index (χ1n) is 9.51. The van der Waals surface area contributed by atoms with Crippen molar-refractivity contribution in [2.75, 3.05) is 33.2 Å². The molecule has 1 aromatic rings. The van der Waals surface area contributed by atoms with E-state index in [9.17, 15) is 14.4 Å². The SMILES string of the molecule is CN(Cc1ccccc1)C(=O)N1CCC(C(=O)N2CCC(C(=O)O)C2)CC1. The predicted molar refractivity (Wildman–Crippen MR) is 99.9 cm³/mol. The summed E-state index contributed by atoms with van der Waals surface area (Å²) in [4.78, 5) is 41.5. The average Bonchev–Trinajstić information content (AvgIpc) is 3.18. The van der Waals surface area contributed by atoms with Crippen molar-refractivity contribution >= 4 is 17.9 Å². The molecule has 27 heavy (non-hydrogen) atoms. The summed E-state index contributed by atoms with van der Waals surface area (Å²) in [5, 5.41) is 9.09. The van der Waals surface area contributed by atoms with Crippen molar-refractivity contribution in [2.45, 2.75) is 25.8 Å². The molecule has 1 aromatic carbocycles. The number of urea groups is 1. The number of likely N-dealkylation sites (tertiary alicyclic amines) is 2. The molecule has 3 rings (SSSR count). The Morgan fingerprint density at radius 2 is 1.59 bits per heavy atom. The monoisotopic (exact) mass is 373 g/mol. The Labute approximate surface area is 159 Å². The molecule has 7 nitrogen and oxygen atoms in total. The third-order valence-electron chi connectivity index (χ3n) is 5.55. The Morgan fingerprint density at radius 1 is 1.00 bits per heavy atom. The summed E-state index contributed by atoms with van der Waals surface area (Å²) in [5.74, 6) is -1.33. The second kappa shape index (κ2) is 8.41. The highest BCUT2D eigenvalue weighted by molar-refractivity contribution is 5.81. The molecule has 0 spiro atoms. The first-order chi connectivity index (χ1) is 13.0. The Morgan fingerprint density at radius 3 is 2.19 bits per heavy atom. The minimum atomic E-state index is -0.827. The van der Waals surface area contributed by atoms with Gasteiger partial charge in [0.2, 0.25) is 5.91 Å². The van der Waals surface area contributed by atoms with Crippen molar-refractivity contribution in [3.63, 3.8) is 0 Å². The van der Waals surface area contributed by atoms with Crippen LogP contribution in [0.25, 0.3) is 0 Å². The Hall–Kier alpha value is -2.57. The highest BCUT2D eigenvalue weighted by atomic mass is 16.4. The summed E-state index contributed by atoms with van der Waals surface area (Å²) in [5.41, 5.74) is 1.08. The van der Waals surface area contributed by atoms with Gasteiger partial charge in [0.1, 0.15) is 0 Å². The number of hydrogen-bond donors (Lipinski definition) is 1. The molecule has 0 radical (unpaired) electrons. The number of carbonyl (C=O) groups excluding carboxylic acids is 2. The molecule has 2 aliphatic rings. The van der Waals surface area contributed by atoms with Crippen LogP contribution < -0.4 is 0 Å². The van der Waals surface area contributed by atoms with Gasteiger partial charge in [0.15, 0.2) is 0 Å². The van der Waals surface area contributed by atoms with Crippen molar-refractivity contribution in [1.29, 1.82) is 0 Å². The molecule has 0 saturated carbocycles. The number of rotatable bonds is 4. The normalized spacial score (nSPS) is 20.6. The van der Waals surface area contributed by atoms with Gasteiger partial charge >= 0.3 is 12.0 Å². The molecule has 2 aliphatic heterocycles. The Balaban J connectivity index is 1.47. The van der Waals surface area contributed by atoms with Crippen LogP contribution in [0.15, 0.2) is 30.3 Å². The van der Waals surface area contributed by atoms with Gasteiger partial charge < -0.3 is 19.8 Å². The van der Waals surface area contributed by atoms with E-state index in [-0.39, 0.29) is 17.9 Å². The summed E-state index contributed by atoms with van der Waals surface area (Å²) in [6, 6.07) is 9.84. The fourth-order valence-corrected chi connectivity index (χ4v) is 3.90. The zero-order valence-corrected chi connectivity index (χ0v) is 15.7. The number of aliphatic carboxylic acids is 1. The second-order valence-corrected chi connectivity index (χ2v) is 7.49. The number of carboxylic acids is 1. The summed E-state index contributed by atoms with van der Waals surface area (Å²) in [6.45, 7) is 2.51. The van der Waals surface area contributed by atoms with Crippen LogP contribution in [0, 0.1) is 11.8 Å².